The van der Waals surface area contributed by atoms with E-state index in [2.05, 4.69) is 0 Å². The summed E-state index contributed by atoms with van der Waals surface area (Å²) in [6.45, 7) is 6.87. The summed E-state index contributed by atoms with van der Waals surface area (Å²) in [5.74, 6) is 1.56. The monoisotopic (exact) mass is 306 g/mol. The molecule has 0 spiro atoms. The third-order valence-electron chi connectivity index (χ3n) is 3.84. The minimum absolute atomic E-state index is 0.0713. The average Bonchev–Trinajstić information content (AvgIpc) is 3.01. The third kappa shape index (κ3) is 2.97. The maximum absolute atomic E-state index is 12.2. The fourth-order valence-electron chi connectivity index (χ4n) is 2.80. The van der Waals surface area contributed by atoms with Gasteiger partial charge in [0.05, 0.1) is 0 Å². The van der Waals surface area contributed by atoms with Gasteiger partial charge >= 0.3 is 6.09 Å². The molecule has 2 aliphatic rings. The second-order valence-electron chi connectivity index (χ2n) is 6.77. The van der Waals surface area contributed by atoms with E-state index < -0.39 is 5.60 Å². The van der Waals surface area contributed by atoms with Crippen LogP contribution in [0.25, 0.3) is 0 Å². The number of ether oxygens (including phenoxy) is 3. The van der Waals surface area contributed by atoms with Crippen molar-refractivity contribution in [2.75, 3.05) is 19.9 Å². The summed E-state index contributed by atoms with van der Waals surface area (Å²) >= 11 is 0. The van der Waals surface area contributed by atoms with Crippen molar-refractivity contribution in [3.63, 3.8) is 0 Å². The molecule has 6 heteroatoms. The van der Waals surface area contributed by atoms with Crippen molar-refractivity contribution < 1.29 is 19.0 Å². The van der Waals surface area contributed by atoms with Gasteiger partial charge in [-0.2, -0.15) is 0 Å². The zero-order valence-corrected chi connectivity index (χ0v) is 13.2. The number of benzene rings is 1. The van der Waals surface area contributed by atoms with Crippen LogP contribution in [-0.2, 0) is 4.74 Å². The third-order valence-corrected chi connectivity index (χ3v) is 3.84. The number of nitrogens with zero attached hydrogens (tertiary/aromatic N) is 1. The summed E-state index contributed by atoms with van der Waals surface area (Å²) in [5.41, 5.74) is 6.78. The van der Waals surface area contributed by atoms with Gasteiger partial charge in [0.2, 0.25) is 6.79 Å². The Balaban J connectivity index is 1.72. The number of likely N-dealkylation sites (tertiary alicyclic amines) is 1. The van der Waals surface area contributed by atoms with Gasteiger partial charge in [-0.3, -0.25) is 0 Å². The number of hydrogen-bond donors (Lipinski definition) is 1. The summed E-state index contributed by atoms with van der Waals surface area (Å²) in [6.07, 6.45) is -0.314. The van der Waals surface area contributed by atoms with E-state index in [4.69, 9.17) is 19.9 Å². The highest BCUT2D eigenvalue weighted by atomic mass is 16.7. The minimum Gasteiger partial charge on any atom is -0.454 e. The van der Waals surface area contributed by atoms with E-state index in [1.807, 2.05) is 39.0 Å². The van der Waals surface area contributed by atoms with Gasteiger partial charge in [-0.25, -0.2) is 4.79 Å². The Morgan fingerprint density at radius 2 is 2.00 bits per heavy atom. The topological polar surface area (TPSA) is 74.0 Å². The zero-order valence-electron chi connectivity index (χ0n) is 13.2. The number of carbonyl (C=O) groups excluding carboxylic acids is 1. The number of rotatable bonds is 1. The first-order chi connectivity index (χ1) is 10.3. The van der Waals surface area contributed by atoms with E-state index >= 15 is 0 Å². The molecule has 1 aromatic carbocycles. The molecule has 0 saturated carbocycles. The van der Waals surface area contributed by atoms with Gasteiger partial charge in [-0.1, -0.05) is 6.07 Å². The quantitative estimate of drug-likeness (QED) is 0.860. The van der Waals surface area contributed by atoms with E-state index in [0.717, 1.165) is 17.1 Å². The Hall–Kier alpha value is -1.95. The lowest BCUT2D eigenvalue weighted by molar-refractivity contribution is 0.0290. The number of nitrogens with two attached hydrogens (primary N) is 1. The molecular weight excluding hydrogens is 284 g/mol. The van der Waals surface area contributed by atoms with Gasteiger partial charge in [-0.05, 0) is 38.5 Å². The maximum Gasteiger partial charge on any atom is 0.410 e. The van der Waals surface area contributed by atoms with Crippen molar-refractivity contribution in [1.82, 2.24) is 4.90 Å². The highest BCUT2D eigenvalue weighted by Crippen LogP contribution is 2.37. The highest BCUT2D eigenvalue weighted by molar-refractivity contribution is 5.69. The molecule has 6 nitrogen and oxygen atoms in total. The van der Waals surface area contributed by atoms with Crippen LogP contribution >= 0.6 is 0 Å². The molecule has 0 bridgehead atoms. The predicted molar refractivity (Wildman–Crippen MR) is 81.1 cm³/mol. The molecule has 2 unspecified atom stereocenters. The normalized spacial score (nSPS) is 23.7. The summed E-state index contributed by atoms with van der Waals surface area (Å²) in [6, 6.07) is 5.70. The fraction of sp³-hybridized carbons (Fsp3) is 0.562. The first kappa shape index (κ1) is 15.0. The molecule has 0 aromatic heterocycles. The van der Waals surface area contributed by atoms with E-state index in [-0.39, 0.29) is 24.8 Å². The van der Waals surface area contributed by atoms with Crippen molar-refractivity contribution in [3.8, 4) is 11.5 Å². The van der Waals surface area contributed by atoms with Crippen LogP contribution in [0.2, 0.25) is 0 Å². The molecule has 2 atom stereocenters. The Morgan fingerprint density at radius 3 is 2.73 bits per heavy atom. The van der Waals surface area contributed by atoms with Crippen molar-refractivity contribution in [2.24, 2.45) is 5.73 Å². The van der Waals surface area contributed by atoms with Crippen molar-refractivity contribution in [1.29, 1.82) is 0 Å². The molecule has 0 radical (unpaired) electrons. The molecule has 0 aliphatic carbocycles. The Labute approximate surface area is 130 Å². The van der Waals surface area contributed by atoms with Crippen molar-refractivity contribution in [3.05, 3.63) is 23.8 Å². The molecule has 1 saturated heterocycles. The Morgan fingerprint density at radius 1 is 1.27 bits per heavy atom. The lowest BCUT2D eigenvalue weighted by atomic mass is 9.94. The lowest BCUT2D eigenvalue weighted by Crippen LogP contribution is -2.36. The number of amides is 1. The summed E-state index contributed by atoms with van der Waals surface area (Å²) in [7, 11) is 0. The van der Waals surface area contributed by atoms with Crippen LogP contribution < -0.4 is 15.2 Å². The molecule has 1 aromatic rings. The molecule has 1 fully saturated rings. The van der Waals surface area contributed by atoms with Crippen LogP contribution in [0.1, 0.15) is 32.3 Å². The fourth-order valence-corrected chi connectivity index (χ4v) is 2.80. The second-order valence-corrected chi connectivity index (χ2v) is 6.77. The van der Waals surface area contributed by atoms with Crippen LogP contribution in [0.15, 0.2) is 18.2 Å². The van der Waals surface area contributed by atoms with E-state index in [1.54, 1.807) is 4.90 Å². The van der Waals surface area contributed by atoms with E-state index in [1.165, 1.54) is 0 Å². The van der Waals surface area contributed by atoms with Crippen LogP contribution in [0.3, 0.4) is 0 Å². The molecule has 2 aliphatic heterocycles. The van der Waals surface area contributed by atoms with Crippen LogP contribution in [0, 0.1) is 0 Å². The molecule has 22 heavy (non-hydrogen) atoms. The van der Waals surface area contributed by atoms with Gasteiger partial charge in [0.15, 0.2) is 11.5 Å². The summed E-state index contributed by atoms with van der Waals surface area (Å²) in [4.78, 5) is 13.8. The van der Waals surface area contributed by atoms with E-state index in [9.17, 15) is 4.79 Å². The van der Waals surface area contributed by atoms with Crippen molar-refractivity contribution >= 4 is 6.09 Å². The summed E-state index contributed by atoms with van der Waals surface area (Å²) < 4.78 is 16.1. The summed E-state index contributed by atoms with van der Waals surface area (Å²) in [5, 5.41) is 0. The van der Waals surface area contributed by atoms with Crippen LogP contribution in [0.5, 0.6) is 11.5 Å². The average molecular weight is 306 g/mol. The Kier molecular flexibility index (Phi) is 3.64. The molecule has 120 valence electrons. The molecule has 1 amide bonds. The lowest BCUT2D eigenvalue weighted by Gasteiger charge is -2.24. The smallest absolute Gasteiger partial charge is 0.410 e. The zero-order chi connectivity index (χ0) is 15.9. The molecule has 2 N–H and O–H groups in total. The van der Waals surface area contributed by atoms with Crippen LogP contribution in [0.4, 0.5) is 4.79 Å². The molecule has 2 heterocycles. The first-order valence-electron chi connectivity index (χ1n) is 7.46. The SMILES string of the molecule is CC(C)(C)OC(=O)N1CC(N)C(c2ccc3c(c2)OCO3)C1. The number of hydrogen-bond acceptors (Lipinski definition) is 5. The van der Waals surface area contributed by atoms with Gasteiger partial charge in [0, 0.05) is 25.0 Å². The number of carbonyl (C=O) groups is 1. The Bertz CT molecular complexity index is 582. The van der Waals surface area contributed by atoms with Gasteiger partial charge < -0.3 is 24.8 Å². The van der Waals surface area contributed by atoms with Gasteiger partial charge in [-0.15, -0.1) is 0 Å². The standard InChI is InChI=1S/C16H22N2O4/c1-16(2,3)22-15(19)18-7-11(12(17)8-18)10-4-5-13-14(6-10)21-9-20-13/h4-6,11-12H,7-9,17H2,1-3H3. The second kappa shape index (κ2) is 5.35. The maximum atomic E-state index is 12.2. The largest absolute Gasteiger partial charge is 0.454 e. The van der Waals surface area contributed by atoms with Gasteiger partial charge in [0.25, 0.3) is 0 Å². The minimum atomic E-state index is -0.502. The van der Waals surface area contributed by atoms with Crippen molar-refractivity contribution in [2.45, 2.75) is 38.3 Å². The molecular formula is C16H22N2O4. The predicted octanol–water partition coefficient (Wildman–Crippen LogP) is 2.08. The number of fused-ring (bicyclic) bond motifs is 1. The molecule has 3 rings (SSSR count). The first-order valence-corrected chi connectivity index (χ1v) is 7.46. The highest BCUT2D eigenvalue weighted by Gasteiger charge is 2.36. The van der Waals surface area contributed by atoms with E-state index in [0.29, 0.717) is 13.1 Å². The van der Waals surface area contributed by atoms with Crippen LogP contribution in [-0.4, -0.2) is 42.5 Å². The van der Waals surface area contributed by atoms with Gasteiger partial charge in [0.1, 0.15) is 5.60 Å².